The number of hydrogen-bond acceptors (Lipinski definition) is 3. The van der Waals surface area contributed by atoms with Gasteiger partial charge in [-0.25, -0.2) is 0 Å². The minimum absolute atomic E-state index is 0.297. The van der Waals surface area contributed by atoms with Crippen LogP contribution in [0.3, 0.4) is 0 Å². The van der Waals surface area contributed by atoms with Crippen LogP contribution < -0.4 is 5.32 Å². The predicted octanol–water partition coefficient (Wildman–Crippen LogP) is 1.71. The Bertz CT molecular complexity index is 311. The molecule has 0 radical (unpaired) electrons. The molecule has 0 aromatic rings. The summed E-state index contributed by atoms with van der Waals surface area (Å²) in [6, 6.07) is 0. The van der Waals surface area contributed by atoms with Gasteiger partial charge in [-0.05, 0) is 31.1 Å². The average Bonchev–Trinajstić information content (AvgIpc) is 2.50. The van der Waals surface area contributed by atoms with Gasteiger partial charge in [-0.15, -0.1) is 0 Å². The van der Waals surface area contributed by atoms with Gasteiger partial charge in [0.25, 0.3) is 0 Å². The zero-order valence-corrected chi connectivity index (χ0v) is 11.7. The van der Waals surface area contributed by atoms with E-state index in [-0.39, 0.29) is 0 Å². The highest BCUT2D eigenvalue weighted by atomic mass is 16.4. The second kappa shape index (κ2) is 5.17. The van der Waals surface area contributed by atoms with Crippen LogP contribution in [-0.2, 0) is 4.79 Å². The lowest BCUT2D eigenvalue weighted by Gasteiger charge is -2.42. The highest BCUT2D eigenvalue weighted by molar-refractivity contribution is 5.79. The summed E-state index contributed by atoms with van der Waals surface area (Å²) in [5.74, 6) is -0.609. The molecule has 1 aliphatic heterocycles. The Hall–Kier alpha value is -0.610. The molecule has 1 saturated heterocycles. The summed E-state index contributed by atoms with van der Waals surface area (Å²) in [4.78, 5) is 14.1. The maximum atomic E-state index is 11.9. The van der Waals surface area contributed by atoms with Gasteiger partial charge in [-0.1, -0.05) is 20.3 Å². The summed E-state index contributed by atoms with van der Waals surface area (Å²) >= 11 is 0. The number of carboxylic acid groups (broad SMARTS) is 1. The van der Waals surface area contributed by atoms with Crippen LogP contribution in [0.25, 0.3) is 0 Å². The number of aliphatic carboxylic acids is 1. The van der Waals surface area contributed by atoms with E-state index in [0.29, 0.717) is 5.41 Å². The average molecular weight is 254 g/mol. The Balaban J connectivity index is 2.18. The first-order valence-electron chi connectivity index (χ1n) is 7.16. The van der Waals surface area contributed by atoms with Gasteiger partial charge >= 0.3 is 5.97 Å². The van der Waals surface area contributed by atoms with Crippen molar-refractivity contribution in [3.63, 3.8) is 0 Å². The Morgan fingerprint density at radius 2 is 1.78 bits per heavy atom. The third-order valence-corrected chi connectivity index (χ3v) is 4.78. The molecule has 2 rings (SSSR count). The second-order valence-electron chi connectivity index (χ2n) is 6.59. The van der Waals surface area contributed by atoms with E-state index in [1.165, 1.54) is 0 Å². The quantitative estimate of drug-likeness (QED) is 0.737. The molecule has 0 amide bonds. The van der Waals surface area contributed by atoms with Gasteiger partial charge in [0.15, 0.2) is 0 Å². The molecular weight excluding hydrogens is 228 g/mol. The molecule has 0 bridgehead atoms. The molecule has 1 aliphatic carbocycles. The van der Waals surface area contributed by atoms with Crippen molar-refractivity contribution < 1.29 is 9.90 Å². The third-order valence-electron chi connectivity index (χ3n) is 4.78. The van der Waals surface area contributed by atoms with Crippen LogP contribution in [0.15, 0.2) is 0 Å². The van der Waals surface area contributed by atoms with Gasteiger partial charge in [-0.2, -0.15) is 0 Å². The summed E-state index contributed by atoms with van der Waals surface area (Å²) in [7, 11) is 0. The van der Waals surface area contributed by atoms with Crippen molar-refractivity contribution in [2.24, 2.45) is 5.41 Å². The maximum Gasteiger partial charge on any atom is 0.324 e. The summed E-state index contributed by atoms with van der Waals surface area (Å²) in [6.07, 6.45) is 4.81. The van der Waals surface area contributed by atoms with Gasteiger partial charge in [0.05, 0.1) is 0 Å². The zero-order chi connectivity index (χ0) is 13.2. The van der Waals surface area contributed by atoms with Crippen molar-refractivity contribution in [2.75, 3.05) is 26.2 Å². The van der Waals surface area contributed by atoms with Crippen LogP contribution >= 0.6 is 0 Å². The molecule has 4 nitrogen and oxygen atoms in total. The second-order valence-corrected chi connectivity index (χ2v) is 6.59. The molecule has 0 aromatic heterocycles. The smallest absolute Gasteiger partial charge is 0.324 e. The first-order chi connectivity index (χ1) is 8.46. The van der Waals surface area contributed by atoms with E-state index < -0.39 is 11.5 Å². The highest BCUT2D eigenvalue weighted by Crippen LogP contribution is 2.41. The highest BCUT2D eigenvalue weighted by Gasteiger charge is 2.46. The van der Waals surface area contributed by atoms with Gasteiger partial charge in [-0.3, -0.25) is 9.69 Å². The molecule has 18 heavy (non-hydrogen) atoms. The number of carbonyl (C=O) groups is 1. The van der Waals surface area contributed by atoms with E-state index in [9.17, 15) is 9.90 Å². The summed E-state index contributed by atoms with van der Waals surface area (Å²) < 4.78 is 0. The van der Waals surface area contributed by atoms with Gasteiger partial charge in [0, 0.05) is 26.2 Å². The van der Waals surface area contributed by atoms with Gasteiger partial charge in [0.2, 0.25) is 0 Å². The van der Waals surface area contributed by atoms with Crippen molar-refractivity contribution in [2.45, 2.75) is 51.5 Å². The van der Waals surface area contributed by atoms with Crippen molar-refractivity contribution in [3.05, 3.63) is 0 Å². The SMILES string of the molecule is CC1(C)CCCC(C(=O)O)(N2CCNCC2)CC1. The Morgan fingerprint density at radius 3 is 2.39 bits per heavy atom. The molecular formula is C14H26N2O2. The molecule has 0 spiro atoms. The lowest BCUT2D eigenvalue weighted by molar-refractivity contribution is -0.153. The minimum atomic E-state index is -0.609. The number of hydrogen-bond donors (Lipinski definition) is 2. The van der Waals surface area contributed by atoms with Gasteiger partial charge < -0.3 is 10.4 Å². The maximum absolute atomic E-state index is 11.9. The van der Waals surface area contributed by atoms with Crippen LogP contribution in [0.5, 0.6) is 0 Å². The van der Waals surface area contributed by atoms with Crippen LogP contribution in [0.1, 0.15) is 46.0 Å². The molecule has 1 unspecified atom stereocenters. The zero-order valence-electron chi connectivity index (χ0n) is 11.7. The fourth-order valence-electron chi connectivity index (χ4n) is 3.41. The number of piperazine rings is 1. The van der Waals surface area contributed by atoms with Crippen LogP contribution in [0.4, 0.5) is 0 Å². The molecule has 4 heteroatoms. The monoisotopic (exact) mass is 254 g/mol. The molecule has 0 aromatic carbocycles. The van der Waals surface area contributed by atoms with Gasteiger partial charge in [0.1, 0.15) is 5.54 Å². The van der Waals surface area contributed by atoms with E-state index in [1.54, 1.807) is 0 Å². The van der Waals surface area contributed by atoms with E-state index in [0.717, 1.165) is 58.3 Å². The molecule has 2 N–H and O–H groups in total. The Kier molecular flexibility index (Phi) is 3.97. The minimum Gasteiger partial charge on any atom is -0.480 e. The fourth-order valence-corrected chi connectivity index (χ4v) is 3.41. The summed E-state index contributed by atoms with van der Waals surface area (Å²) in [5, 5.41) is 13.1. The first kappa shape index (κ1) is 13.8. The topological polar surface area (TPSA) is 52.6 Å². The lowest BCUT2D eigenvalue weighted by Crippen LogP contribution is -2.60. The molecule has 1 saturated carbocycles. The van der Waals surface area contributed by atoms with Crippen molar-refractivity contribution in [1.29, 1.82) is 0 Å². The Morgan fingerprint density at radius 1 is 1.11 bits per heavy atom. The molecule has 2 fully saturated rings. The molecule has 104 valence electrons. The number of nitrogens with zero attached hydrogens (tertiary/aromatic N) is 1. The van der Waals surface area contributed by atoms with E-state index in [2.05, 4.69) is 24.1 Å². The van der Waals surface area contributed by atoms with Crippen LogP contribution in [0, 0.1) is 5.41 Å². The van der Waals surface area contributed by atoms with Crippen molar-refractivity contribution in [1.82, 2.24) is 10.2 Å². The number of carboxylic acids is 1. The molecule has 2 aliphatic rings. The normalized spacial score (nSPS) is 33.9. The lowest BCUT2D eigenvalue weighted by atomic mass is 9.82. The van der Waals surface area contributed by atoms with E-state index in [4.69, 9.17) is 0 Å². The first-order valence-corrected chi connectivity index (χ1v) is 7.16. The third kappa shape index (κ3) is 2.69. The number of rotatable bonds is 2. The standard InChI is InChI=1S/C14H26N2O2/c1-13(2)4-3-5-14(7-6-13,12(17)18)16-10-8-15-9-11-16/h15H,3-11H2,1-2H3,(H,17,18). The largest absolute Gasteiger partial charge is 0.480 e. The van der Waals surface area contributed by atoms with Crippen LogP contribution in [-0.4, -0.2) is 47.7 Å². The summed E-state index contributed by atoms with van der Waals surface area (Å²) in [5.41, 5.74) is -0.304. The summed E-state index contributed by atoms with van der Waals surface area (Å²) in [6.45, 7) is 8.10. The van der Waals surface area contributed by atoms with Crippen LogP contribution in [0.2, 0.25) is 0 Å². The molecule has 1 atom stereocenters. The number of nitrogens with one attached hydrogen (secondary N) is 1. The van der Waals surface area contributed by atoms with Crippen molar-refractivity contribution >= 4 is 5.97 Å². The molecule has 1 heterocycles. The Labute approximate surface area is 110 Å². The van der Waals surface area contributed by atoms with Crippen molar-refractivity contribution in [3.8, 4) is 0 Å². The predicted molar refractivity (Wildman–Crippen MR) is 71.7 cm³/mol. The fraction of sp³-hybridized carbons (Fsp3) is 0.929. The van der Waals surface area contributed by atoms with E-state index >= 15 is 0 Å². The van der Waals surface area contributed by atoms with E-state index in [1.807, 2.05) is 0 Å².